The van der Waals surface area contributed by atoms with Gasteiger partial charge in [-0.2, -0.15) is 13.2 Å². The maximum atomic E-state index is 13.3. The minimum absolute atomic E-state index is 0.0804. The lowest BCUT2D eigenvalue weighted by atomic mass is 10.1. The first-order chi connectivity index (χ1) is 13.9. The summed E-state index contributed by atoms with van der Waals surface area (Å²) in [6, 6.07) is 10.4. The molecular formula is C20H20F3N3O3. The molecule has 1 N–H and O–H groups in total. The molecule has 0 bridgehead atoms. The Bertz CT molecular complexity index is 992. The topological polar surface area (TPSA) is 65.5 Å². The van der Waals surface area contributed by atoms with Crippen molar-refractivity contribution < 1.29 is 27.4 Å². The number of halogens is 3. The molecular weight excluding hydrogens is 387 g/mol. The summed E-state index contributed by atoms with van der Waals surface area (Å²) in [7, 11) is 4.44. The van der Waals surface area contributed by atoms with Gasteiger partial charge in [-0.3, -0.25) is 0 Å². The maximum Gasteiger partial charge on any atom is 0.451 e. The van der Waals surface area contributed by atoms with Crippen LogP contribution in [0.4, 0.5) is 19.0 Å². The van der Waals surface area contributed by atoms with Crippen LogP contribution in [0, 0.1) is 0 Å². The van der Waals surface area contributed by atoms with E-state index in [1.54, 1.807) is 13.2 Å². The lowest BCUT2D eigenvalue weighted by molar-refractivity contribution is -0.144. The van der Waals surface area contributed by atoms with Crippen molar-refractivity contribution in [2.45, 2.75) is 12.6 Å². The van der Waals surface area contributed by atoms with Crippen molar-refractivity contribution in [2.75, 3.05) is 33.2 Å². The number of fused-ring (bicyclic) bond motifs is 1. The first-order valence-corrected chi connectivity index (χ1v) is 8.73. The number of benzene rings is 2. The van der Waals surface area contributed by atoms with Gasteiger partial charge in [0.1, 0.15) is 11.6 Å². The normalized spacial score (nSPS) is 11.4. The highest BCUT2D eigenvalue weighted by molar-refractivity contribution is 5.91. The van der Waals surface area contributed by atoms with Gasteiger partial charge in [-0.25, -0.2) is 9.97 Å². The van der Waals surface area contributed by atoms with E-state index >= 15 is 0 Å². The molecule has 0 unspecified atom stereocenters. The second-order valence-electron chi connectivity index (χ2n) is 6.14. The molecule has 0 fully saturated rings. The molecule has 154 valence electrons. The number of aromatic nitrogens is 2. The van der Waals surface area contributed by atoms with Crippen LogP contribution in [0.15, 0.2) is 36.4 Å². The quantitative estimate of drug-likeness (QED) is 0.629. The Morgan fingerprint density at radius 2 is 1.55 bits per heavy atom. The summed E-state index contributed by atoms with van der Waals surface area (Å²) in [5.74, 6) is 0.262. The molecule has 0 saturated heterocycles. The number of hydrogen-bond acceptors (Lipinski definition) is 6. The van der Waals surface area contributed by atoms with E-state index in [1.165, 1.54) is 20.3 Å². The van der Waals surface area contributed by atoms with Gasteiger partial charge in [0.15, 0.2) is 11.5 Å². The fraction of sp³-hybridized carbons (Fsp3) is 0.300. The van der Waals surface area contributed by atoms with E-state index < -0.39 is 12.0 Å². The molecule has 0 aliphatic carbocycles. The van der Waals surface area contributed by atoms with Crippen molar-refractivity contribution in [3.63, 3.8) is 0 Å². The molecule has 29 heavy (non-hydrogen) atoms. The van der Waals surface area contributed by atoms with E-state index in [2.05, 4.69) is 15.3 Å². The third kappa shape index (κ3) is 4.61. The van der Waals surface area contributed by atoms with Crippen LogP contribution in [0.2, 0.25) is 0 Å². The average Bonchev–Trinajstić information content (AvgIpc) is 2.72. The van der Waals surface area contributed by atoms with Crippen LogP contribution in [-0.4, -0.2) is 37.8 Å². The summed E-state index contributed by atoms with van der Waals surface area (Å²) < 4.78 is 55.3. The minimum Gasteiger partial charge on any atom is -0.497 e. The van der Waals surface area contributed by atoms with Crippen LogP contribution < -0.4 is 19.5 Å². The van der Waals surface area contributed by atoms with Crippen molar-refractivity contribution in [3.05, 3.63) is 47.8 Å². The second-order valence-corrected chi connectivity index (χ2v) is 6.14. The molecule has 1 heterocycles. The number of nitrogens with one attached hydrogen (secondary N) is 1. The molecule has 6 nitrogen and oxygen atoms in total. The standard InChI is InChI=1S/C20H20F3N3O3/c1-27-13-6-4-12(5-7-13)8-9-24-18-14-10-16(28-2)17(29-3)11-15(14)25-19(26-18)20(21,22)23/h4-7,10-11H,8-9H2,1-3H3,(H,24,25,26). The van der Waals surface area contributed by atoms with Crippen molar-refractivity contribution >= 4 is 16.7 Å². The summed E-state index contributed by atoms with van der Waals surface area (Å²) in [6.07, 6.45) is -4.09. The fourth-order valence-corrected chi connectivity index (χ4v) is 2.83. The van der Waals surface area contributed by atoms with Crippen LogP contribution in [0.1, 0.15) is 11.4 Å². The predicted molar refractivity (Wildman–Crippen MR) is 103 cm³/mol. The van der Waals surface area contributed by atoms with Gasteiger partial charge in [0.2, 0.25) is 5.82 Å². The molecule has 3 aromatic rings. The SMILES string of the molecule is COc1ccc(CCNc2nc(C(F)(F)F)nc3cc(OC)c(OC)cc23)cc1. The molecule has 0 spiro atoms. The maximum absolute atomic E-state index is 13.3. The van der Waals surface area contributed by atoms with Crippen molar-refractivity contribution in [3.8, 4) is 17.2 Å². The Hall–Kier alpha value is -3.23. The van der Waals surface area contributed by atoms with Gasteiger partial charge in [0, 0.05) is 18.0 Å². The third-order valence-electron chi connectivity index (χ3n) is 4.32. The van der Waals surface area contributed by atoms with Gasteiger partial charge in [0.25, 0.3) is 0 Å². The van der Waals surface area contributed by atoms with Crippen LogP contribution in [0.5, 0.6) is 17.2 Å². The zero-order valence-corrected chi connectivity index (χ0v) is 16.1. The van der Waals surface area contributed by atoms with E-state index in [4.69, 9.17) is 14.2 Å². The Morgan fingerprint density at radius 3 is 2.14 bits per heavy atom. The summed E-state index contributed by atoms with van der Waals surface area (Å²) in [5.41, 5.74) is 1.11. The number of rotatable bonds is 7. The predicted octanol–water partition coefficient (Wildman–Crippen LogP) is 4.33. The van der Waals surface area contributed by atoms with Crippen molar-refractivity contribution in [2.24, 2.45) is 0 Å². The minimum atomic E-state index is -4.67. The summed E-state index contributed by atoms with van der Waals surface area (Å²) in [5, 5.41) is 3.40. The van der Waals surface area contributed by atoms with Crippen LogP contribution in [0.3, 0.4) is 0 Å². The molecule has 9 heteroatoms. The molecule has 0 aliphatic heterocycles. The molecule has 0 amide bonds. The summed E-state index contributed by atoms with van der Waals surface area (Å²) in [6.45, 7) is 0.379. The Kier molecular flexibility index (Phi) is 5.95. The van der Waals surface area contributed by atoms with Crippen molar-refractivity contribution in [1.82, 2.24) is 9.97 Å². The summed E-state index contributed by atoms with van der Waals surface area (Å²) in [4.78, 5) is 7.35. The number of methoxy groups -OCH3 is 3. The smallest absolute Gasteiger partial charge is 0.451 e. The Morgan fingerprint density at radius 1 is 0.897 bits per heavy atom. The highest BCUT2D eigenvalue weighted by Crippen LogP contribution is 2.36. The van der Waals surface area contributed by atoms with E-state index in [-0.39, 0.29) is 17.1 Å². The molecule has 1 aromatic heterocycles. The highest BCUT2D eigenvalue weighted by atomic mass is 19.4. The lowest BCUT2D eigenvalue weighted by Crippen LogP contribution is -2.15. The number of anilines is 1. The molecule has 0 atom stereocenters. The van der Waals surface area contributed by atoms with Gasteiger partial charge >= 0.3 is 6.18 Å². The molecule has 3 rings (SSSR count). The van der Waals surface area contributed by atoms with E-state index in [1.807, 2.05) is 24.3 Å². The molecule has 2 aromatic carbocycles. The lowest BCUT2D eigenvalue weighted by Gasteiger charge is -2.15. The number of ether oxygens (including phenoxy) is 3. The third-order valence-corrected chi connectivity index (χ3v) is 4.32. The summed E-state index contributed by atoms with van der Waals surface area (Å²) >= 11 is 0. The van der Waals surface area contributed by atoms with Gasteiger partial charge in [-0.1, -0.05) is 12.1 Å². The highest BCUT2D eigenvalue weighted by Gasteiger charge is 2.35. The largest absolute Gasteiger partial charge is 0.497 e. The first-order valence-electron chi connectivity index (χ1n) is 8.73. The molecule has 0 saturated carbocycles. The number of nitrogens with zero attached hydrogens (tertiary/aromatic N) is 2. The molecule has 0 aliphatic rings. The van der Waals surface area contributed by atoms with Gasteiger partial charge in [-0.05, 0) is 30.2 Å². The van der Waals surface area contributed by atoms with Gasteiger partial charge < -0.3 is 19.5 Å². The first kappa shape index (κ1) is 20.5. The zero-order chi connectivity index (χ0) is 21.0. The van der Waals surface area contributed by atoms with E-state index in [0.29, 0.717) is 24.1 Å². The van der Waals surface area contributed by atoms with Gasteiger partial charge in [-0.15, -0.1) is 0 Å². The Balaban J connectivity index is 1.92. The number of alkyl halides is 3. The Labute approximate surface area is 165 Å². The zero-order valence-electron chi connectivity index (χ0n) is 16.1. The second kappa shape index (κ2) is 8.42. The fourth-order valence-electron chi connectivity index (χ4n) is 2.83. The molecule has 0 radical (unpaired) electrons. The number of hydrogen-bond donors (Lipinski definition) is 1. The van der Waals surface area contributed by atoms with E-state index in [9.17, 15) is 13.2 Å². The van der Waals surface area contributed by atoms with E-state index in [0.717, 1.165) is 11.3 Å². The van der Waals surface area contributed by atoms with Crippen LogP contribution in [0.25, 0.3) is 10.9 Å². The van der Waals surface area contributed by atoms with Gasteiger partial charge in [0.05, 0.1) is 26.8 Å². The van der Waals surface area contributed by atoms with Crippen molar-refractivity contribution in [1.29, 1.82) is 0 Å². The monoisotopic (exact) mass is 407 g/mol. The van der Waals surface area contributed by atoms with Crippen LogP contribution in [-0.2, 0) is 12.6 Å². The van der Waals surface area contributed by atoms with Crippen LogP contribution >= 0.6 is 0 Å². The average molecular weight is 407 g/mol.